The molecular formula is C10H19N5. The number of nitrogen functional groups attached to an aromatic ring is 1. The lowest BCUT2D eigenvalue weighted by Crippen LogP contribution is -2.23. The first kappa shape index (κ1) is 11.7. The molecule has 0 spiro atoms. The summed E-state index contributed by atoms with van der Waals surface area (Å²) in [4.78, 5) is 8.33. The Bertz CT molecular complexity index is 324. The van der Waals surface area contributed by atoms with E-state index >= 15 is 0 Å². The van der Waals surface area contributed by atoms with Gasteiger partial charge in [-0.2, -0.15) is 4.98 Å². The standard InChI is InChI=1S/C10H19N5/c1-6(2)8(4)13-9-5-7(3)12-10(14-9)15-11/h5-6,8H,11H2,1-4H3,(H2,12,13,14,15). The van der Waals surface area contributed by atoms with Gasteiger partial charge in [0.1, 0.15) is 5.82 Å². The maximum absolute atomic E-state index is 5.28. The molecule has 1 atom stereocenters. The van der Waals surface area contributed by atoms with Crippen molar-refractivity contribution in [2.24, 2.45) is 11.8 Å². The zero-order valence-corrected chi connectivity index (χ0v) is 9.70. The van der Waals surface area contributed by atoms with Crippen LogP contribution >= 0.6 is 0 Å². The van der Waals surface area contributed by atoms with E-state index in [9.17, 15) is 0 Å². The fourth-order valence-corrected chi connectivity index (χ4v) is 1.11. The molecule has 0 fully saturated rings. The van der Waals surface area contributed by atoms with Gasteiger partial charge in [-0.25, -0.2) is 10.8 Å². The molecule has 0 aromatic carbocycles. The highest BCUT2D eigenvalue weighted by atomic mass is 15.3. The summed E-state index contributed by atoms with van der Waals surface area (Å²) in [5.74, 6) is 7.07. The molecule has 0 saturated carbocycles. The van der Waals surface area contributed by atoms with Crippen molar-refractivity contribution in [1.29, 1.82) is 0 Å². The van der Waals surface area contributed by atoms with Crippen molar-refractivity contribution in [1.82, 2.24) is 9.97 Å². The van der Waals surface area contributed by atoms with E-state index in [2.05, 4.69) is 41.5 Å². The quantitative estimate of drug-likeness (QED) is 0.518. The van der Waals surface area contributed by atoms with Gasteiger partial charge >= 0.3 is 0 Å². The Morgan fingerprint density at radius 1 is 1.27 bits per heavy atom. The van der Waals surface area contributed by atoms with Crippen LogP contribution in [0.4, 0.5) is 11.8 Å². The maximum Gasteiger partial charge on any atom is 0.239 e. The number of hydrazine groups is 1. The van der Waals surface area contributed by atoms with Crippen LogP contribution < -0.4 is 16.6 Å². The fourth-order valence-electron chi connectivity index (χ4n) is 1.11. The monoisotopic (exact) mass is 209 g/mol. The van der Waals surface area contributed by atoms with Crippen LogP contribution in [0.2, 0.25) is 0 Å². The summed E-state index contributed by atoms with van der Waals surface area (Å²) in [6, 6.07) is 2.27. The van der Waals surface area contributed by atoms with Crippen molar-refractivity contribution in [3.05, 3.63) is 11.8 Å². The first-order valence-electron chi connectivity index (χ1n) is 5.11. The molecule has 1 heterocycles. The van der Waals surface area contributed by atoms with Crippen molar-refractivity contribution in [2.45, 2.75) is 33.7 Å². The predicted octanol–water partition coefficient (Wildman–Crippen LogP) is 1.53. The third-order valence-corrected chi connectivity index (χ3v) is 2.36. The van der Waals surface area contributed by atoms with E-state index in [-0.39, 0.29) is 0 Å². The molecule has 1 aromatic rings. The van der Waals surface area contributed by atoms with Crippen molar-refractivity contribution in [3.8, 4) is 0 Å². The molecule has 0 bridgehead atoms. The molecule has 1 rings (SSSR count). The molecule has 0 aliphatic heterocycles. The van der Waals surface area contributed by atoms with Gasteiger partial charge in [-0.3, -0.25) is 5.43 Å². The van der Waals surface area contributed by atoms with Crippen LogP contribution in [0, 0.1) is 12.8 Å². The number of aromatic nitrogens is 2. The molecule has 1 aromatic heterocycles. The average Bonchev–Trinajstić information content (AvgIpc) is 2.16. The van der Waals surface area contributed by atoms with Gasteiger partial charge in [0.25, 0.3) is 0 Å². The molecule has 0 radical (unpaired) electrons. The van der Waals surface area contributed by atoms with Crippen LogP contribution in [0.3, 0.4) is 0 Å². The minimum Gasteiger partial charge on any atom is -0.367 e. The van der Waals surface area contributed by atoms with Crippen LogP contribution in [0.1, 0.15) is 26.5 Å². The highest BCUT2D eigenvalue weighted by Gasteiger charge is 2.08. The summed E-state index contributed by atoms with van der Waals surface area (Å²) < 4.78 is 0. The molecule has 0 aliphatic rings. The molecule has 0 amide bonds. The number of nitrogens with two attached hydrogens (primary N) is 1. The van der Waals surface area contributed by atoms with Crippen LogP contribution in [-0.2, 0) is 0 Å². The minimum absolute atomic E-state index is 0.366. The second-order valence-corrected chi connectivity index (χ2v) is 4.04. The largest absolute Gasteiger partial charge is 0.367 e. The molecule has 15 heavy (non-hydrogen) atoms. The zero-order chi connectivity index (χ0) is 11.4. The summed E-state index contributed by atoms with van der Waals surface area (Å²) in [6.07, 6.45) is 0. The Hall–Kier alpha value is -1.36. The van der Waals surface area contributed by atoms with E-state index in [1.807, 2.05) is 13.0 Å². The lowest BCUT2D eigenvalue weighted by Gasteiger charge is -2.18. The number of hydrogen-bond donors (Lipinski definition) is 3. The Balaban J connectivity index is 2.80. The van der Waals surface area contributed by atoms with Crippen LogP contribution in [-0.4, -0.2) is 16.0 Å². The third-order valence-electron chi connectivity index (χ3n) is 2.36. The van der Waals surface area contributed by atoms with E-state index in [0.717, 1.165) is 11.5 Å². The SMILES string of the molecule is Cc1cc(NC(C)C(C)C)nc(NN)n1. The van der Waals surface area contributed by atoms with Crippen molar-refractivity contribution in [3.63, 3.8) is 0 Å². The smallest absolute Gasteiger partial charge is 0.239 e. The Labute approximate surface area is 90.5 Å². The summed E-state index contributed by atoms with van der Waals surface area (Å²) in [5.41, 5.74) is 3.33. The number of hydrogen-bond acceptors (Lipinski definition) is 5. The first-order chi connectivity index (χ1) is 7.02. The highest BCUT2D eigenvalue weighted by molar-refractivity contribution is 5.42. The van der Waals surface area contributed by atoms with E-state index in [1.165, 1.54) is 0 Å². The second kappa shape index (κ2) is 4.93. The highest BCUT2D eigenvalue weighted by Crippen LogP contribution is 2.12. The first-order valence-corrected chi connectivity index (χ1v) is 5.11. The number of anilines is 2. The van der Waals surface area contributed by atoms with Crippen molar-refractivity contribution >= 4 is 11.8 Å². The lowest BCUT2D eigenvalue weighted by atomic mass is 10.1. The molecule has 4 N–H and O–H groups in total. The molecule has 5 nitrogen and oxygen atoms in total. The van der Waals surface area contributed by atoms with Gasteiger partial charge in [0.05, 0.1) is 0 Å². The van der Waals surface area contributed by atoms with Gasteiger partial charge in [-0.15, -0.1) is 0 Å². The summed E-state index contributed by atoms with van der Waals surface area (Å²) in [6.45, 7) is 8.35. The molecule has 1 unspecified atom stereocenters. The molecule has 5 heteroatoms. The van der Waals surface area contributed by atoms with Gasteiger partial charge in [0.15, 0.2) is 0 Å². The molecule has 84 valence electrons. The van der Waals surface area contributed by atoms with Crippen molar-refractivity contribution < 1.29 is 0 Å². The molecular weight excluding hydrogens is 190 g/mol. The maximum atomic E-state index is 5.28. The number of rotatable bonds is 4. The van der Waals surface area contributed by atoms with Gasteiger partial charge < -0.3 is 5.32 Å². The van der Waals surface area contributed by atoms with Gasteiger partial charge in [0.2, 0.25) is 5.95 Å². The van der Waals surface area contributed by atoms with Crippen molar-refractivity contribution in [2.75, 3.05) is 10.7 Å². The second-order valence-electron chi connectivity index (χ2n) is 4.04. The van der Waals surface area contributed by atoms with Gasteiger partial charge in [0, 0.05) is 17.8 Å². The molecule has 0 aliphatic carbocycles. The van der Waals surface area contributed by atoms with Crippen LogP contribution in [0.15, 0.2) is 6.07 Å². The van der Waals surface area contributed by atoms with Gasteiger partial charge in [-0.1, -0.05) is 13.8 Å². The summed E-state index contributed by atoms with van der Waals surface area (Å²) in [5, 5.41) is 3.31. The molecule has 0 saturated heterocycles. The Kier molecular flexibility index (Phi) is 3.85. The predicted molar refractivity (Wildman–Crippen MR) is 62.5 cm³/mol. The topological polar surface area (TPSA) is 75.9 Å². The number of aryl methyl sites for hydroxylation is 1. The Morgan fingerprint density at radius 3 is 2.47 bits per heavy atom. The Morgan fingerprint density at radius 2 is 1.93 bits per heavy atom. The van der Waals surface area contributed by atoms with Crippen LogP contribution in [0.25, 0.3) is 0 Å². The lowest BCUT2D eigenvalue weighted by molar-refractivity contribution is 0.558. The van der Waals surface area contributed by atoms with E-state index in [4.69, 9.17) is 5.84 Å². The van der Waals surface area contributed by atoms with E-state index in [0.29, 0.717) is 17.9 Å². The van der Waals surface area contributed by atoms with E-state index < -0.39 is 0 Å². The average molecular weight is 209 g/mol. The fraction of sp³-hybridized carbons (Fsp3) is 0.600. The number of nitrogens with zero attached hydrogens (tertiary/aromatic N) is 2. The van der Waals surface area contributed by atoms with E-state index in [1.54, 1.807) is 0 Å². The minimum atomic E-state index is 0.366. The summed E-state index contributed by atoms with van der Waals surface area (Å²) >= 11 is 0. The van der Waals surface area contributed by atoms with Crippen LogP contribution in [0.5, 0.6) is 0 Å². The normalized spacial score (nSPS) is 12.7. The zero-order valence-electron chi connectivity index (χ0n) is 9.70. The summed E-state index contributed by atoms with van der Waals surface area (Å²) in [7, 11) is 0. The number of nitrogens with one attached hydrogen (secondary N) is 2. The van der Waals surface area contributed by atoms with Gasteiger partial charge in [-0.05, 0) is 19.8 Å². The third kappa shape index (κ3) is 3.36.